The zero-order valence-corrected chi connectivity index (χ0v) is 13.8. The molecule has 5 N–H and O–H groups in total. The van der Waals surface area contributed by atoms with Gasteiger partial charge in [-0.25, -0.2) is 4.98 Å². The Morgan fingerprint density at radius 3 is 2.77 bits per heavy atom. The summed E-state index contributed by atoms with van der Waals surface area (Å²) >= 11 is 2.81. The second kappa shape index (κ2) is 5.94. The molecule has 0 atom stereocenters. The Balaban J connectivity index is 2.08. The van der Waals surface area contributed by atoms with E-state index in [9.17, 15) is 9.90 Å². The first-order chi connectivity index (χ1) is 10.5. The average Bonchev–Trinajstić information content (AvgIpc) is 2.84. The highest BCUT2D eigenvalue weighted by atomic mass is 32.2. The fourth-order valence-corrected chi connectivity index (χ4v) is 4.34. The van der Waals surface area contributed by atoms with E-state index in [0.717, 1.165) is 46.9 Å². The zero-order chi connectivity index (χ0) is 15.9. The monoisotopic (exact) mass is 338 g/mol. The van der Waals surface area contributed by atoms with Crippen molar-refractivity contribution in [3.63, 3.8) is 0 Å². The normalized spacial score (nSPS) is 16.4. The topological polar surface area (TPSA) is 105 Å². The first-order valence-corrected chi connectivity index (χ1v) is 9.05. The molecule has 0 unspecified atom stereocenters. The number of piperidine rings is 1. The molecule has 1 aliphatic heterocycles. The Morgan fingerprint density at radius 2 is 2.18 bits per heavy atom. The van der Waals surface area contributed by atoms with Gasteiger partial charge in [0.1, 0.15) is 15.5 Å². The number of hydrogen-bond acceptors (Lipinski definition) is 7. The van der Waals surface area contributed by atoms with Gasteiger partial charge in [-0.15, -0.1) is 23.1 Å². The lowest BCUT2D eigenvalue weighted by molar-refractivity contribution is 0.100. The Morgan fingerprint density at radius 1 is 1.50 bits per heavy atom. The van der Waals surface area contributed by atoms with Gasteiger partial charge in [0.2, 0.25) is 0 Å². The number of nitrogens with two attached hydrogens (primary N) is 2. The standard InChI is InChI=1S/C14H18N4O2S2/c1-21-8-6-9(18-4-2-7(19)3-5-18)17-14-10(8)11(15)12(22-14)13(16)20/h6-7,19H,2-5,15H2,1H3,(H2,16,20). The third kappa shape index (κ3) is 2.62. The number of nitrogens with zero attached hydrogens (tertiary/aromatic N) is 2. The summed E-state index contributed by atoms with van der Waals surface area (Å²) in [5.74, 6) is 0.344. The van der Waals surface area contributed by atoms with Gasteiger partial charge in [0.15, 0.2) is 0 Å². The number of aliphatic hydroxyl groups is 1. The molecule has 0 radical (unpaired) electrons. The van der Waals surface area contributed by atoms with Gasteiger partial charge in [-0.05, 0) is 25.2 Å². The van der Waals surface area contributed by atoms with Crippen LogP contribution in [0.3, 0.4) is 0 Å². The maximum absolute atomic E-state index is 11.5. The number of carbonyl (C=O) groups excluding carboxylic acids is 1. The first-order valence-electron chi connectivity index (χ1n) is 7.01. The first kappa shape index (κ1) is 15.4. The van der Waals surface area contributed by atoms with Gasteiger partial charge in [-0.1, -0.05) is 0 Å². The highest BCUT2D eigenvalue weighted by Gasteiger charge is 2.22. The summed E-state index contributed by atoms with van der Waals surface area (Å²) in [6, 6.07) is 2.00. The summed E-state index contributed by atoms with van der Waals surface area (Å²) < 4.78 is 0. The van der Waals surface area contributed by atoms with E-state index in [-0.39, 0.29) is 6.10 Å². The third-order valence-corrected chi connectivity index (χ3v) is 5.76. The van der Waals surface area contributed by atoms with Crippen LogP contribution >= 0.6 is 23.1 Å². The quantitative estimate of drug-likeness (QED) is 0.735. The maximum atomic E-state index is 11.5. The molecule has 6 nitrogen and oxygen atoms in total. The Hall–Kier alpha value is -1.51. The van der Waals surface area contributed by atoms with Crippen LogP contribution in [0.5, 0.6) is 0 Å². The molecule has 0 spiro atoms. The van der Waals surface area contributed by atoms with Crippen molar-refractivity contribution in [3.05, 3.63) is 10.9 Å². The van der Waals surface area contributed by atoms with E-state index in [1.165, 1.54) is 11.3 Å². The molecule has 1 amide bonds. The van der Waals surface area contributed by atoms with Crippen molar-refractivity contribution in [1.82, 2.24) is 4.98 Å². The number of thioether (sulfide) groups is 1. The van der Waals surface area contributed by atoms with Crippen molar-refractivity contribution in [2.24, 2.45) is 5.73 Å². The summed E-state index contributed by atoms with van der Waals surface area (Å²) in [5.41, 5.74) is 11.9. The molecule has 0 saturated carbocycles. The lowest BCUT2D eigenvalue weighted by Crippen LogP contribution is -2.36. The fourth-order valence-electron chi connectivity index (χ4n) is 2.67. The van der Waals surface area contributed by atoms with Gasteiger partial charge in [-0.3, -0.25) is 4.79 Å². The van der Waals surface area contributed by atoms with Gasteiger partial charge in [0.25, 0.3) is 5.91 Å². The Kier molecular flexibility index (Phi) is 4.16. The third-order valence-electron chi connectivity index (χ3n) is 3.88. The van der Waals surface area contributed by atoms with Crippen LogP contribution in [-0.2, 0) is 0 Å². The number of fused-ring (bicyclic) bond motifs is 1. The highest BCUT2D eigenvalue weighted by molar-refractivity contribution is 7.98. The SMILES string of the molecule is CSc1cc(N2CCC(O)CC2)nc2sc(C(N)=O)c(N)c12. The van der Waals surface area contributed by atoms with E-state index in [2.05, 4.69) is 9.88 Å². The number of carbonyl (C=O) groups is 1. The number of thiophene rings is 1. The van der Waals surface area contributed by atoms with Gasteiger partial charge in [0.05, 0.1) is 11.8 Å². The molecule has 8 heteroatoms. The number of aliphatic hydroxyl groups excluding tert-OH is 1. The molecule has 2 aromatic heterocycles. The predicted molar refractivity (Wildman–Crippen MR) is 91.8 cm³/mol. The number of hydrogen-bond donors (Lipinski definition) is 3. The van der Waals surface area contributed by atoms with Gasteiger partial charge in [-0.2, -0.15) is 0 Å². The maximum Gasteiger partial charge on any atom is 0.260 e. The van der Waals surface area contributed by atoms with Crippen LogP contribution in [0, 0.1) is 0 Å². The molecule has 1 fully saturated rings. The molecule has 22 heavy (non-hydrogen) atoms. The van der Waals surface area contributed by atoms with Crippen molar-refractivity contribution >= 4 is 50.7 Å². The van der Waals surface area contributed by atoms with Gasteiger partial charge in [0, 0.05) is 23.4 Å². The minimum Gasteiger partial charge on any atom is -0.397 e. The number of anilines is 2. The largest absolute Gasteiger partial charge is 0.397 e. The second-order valence-electron chi connectivity index (χ2n) is 5.29. The smallest absolute Gasteiger partial charge is 0.260 e. The van der Waals surface area contributed by atoms with Crippen molar-refractivity contribution < 1.29 is 9.90 Å². The van der Waals surface area contributed by atoms with Gasteiger partial charge >= 0.3 is 0 Å². The Labute approximate surface area is 136 Å². The summed E-state index contributed by atoms with van der Waals surface area (Å²) in [7, 11) is 0. The summed E-state index contributed by atoms with van der Waals surface area (Å²) in [6.45, 7) is 1.55. The molecule has 1 saturated heterocycles. The van der Waals surface area contributed by atoms with Crippen molar-refractivity contribution in [1.29, 1.82) is 0 Å². The fraction of sp³-hybridized carbons (Fsp3) is 0.429. The van der Waals surface area contributed by atoms with Crippen LogP contribution in [-0.4, -0.2) is 41.4 Å². The van der Waals surface area contributed by atoms with Crippen LogP contribution in [0.2, 0.25) is 0 Å². The number of primary amides is 1. The molecule has 0 bridgehead atoms. The van der Waals surface area contributed by atoms with Crippen molar-refractivity contribution in [2.45, 2.75) is 23.8 Å². The second-order valence-corrected chi connectivity index (χ2v) is 7.14. The zero-order valence-electron chi connectivity index (χ0n) is 12.2. The number of pyridine rings is 1. The average molecular weight is 338 g/mol. The minimum absolute atomic E-state index is 0.223. The van der Waals surface area contributed by atoms with Gasteiger partial charge < -0.3 is 21.5 Å². The predicted octanol–water partition coefficient (Wildman–Crippen LogP) is 1.66. The van der Waals surface area contributed by atoms with E-state index in [4.69, 9.17) is 11.5 Å². The lowest BCUT2D eigenvalue weighted by Gasteiger charge is -2.30. The summed E-state index contributed by atoms with van der Waals surface area (Å²) in [5, 5.41) is 10.4. The van der Waals surface area contributed by atoms with Crippen molar-refractivity contribution in [2.75, 3.05) is 30.0 Å². The van der Waals surface area contributed by atoms with Crippen LogP contribution < -0.4 is 16.4 Å². The Bertz CT molecular complexity index is 723. The van der Waals surface area contributed by atoms with E-state index in [1.54, 1.807) is 11.8 Å². The molecule has 0 aromatic carbocycles. The number of amides is 1. The number of nitrogen functional groups attached to an aromatic ring is 1. The molecule has 1 aliphatic rings. The van der Waals surface area contributed by atoms with Crippen LogP contribution in [0.4, 0.5) is 11.5 Å². The van der Waals surface area contributed by atoms with E-state index in [0.29, 0.717) is 10.6 Å². The molecular formula is C14H18N4O2S2. The van der Waals surface area contributed by atoms with Crippen molar-refractivity contribution in [3.8, 4) is 0 Å². The van der Waals surface area contributed by atoms with E-state index in [1.807, 2.05) is 12.3 Å². The van der Waals surface area contributed by atoms with Crippen LogP contribution in [0.15, 0.2) is 11.0 Å². The summed E-state index contributed by atoms with van der Waals surface area (Å²) in [6.07, 6.45) is 3.24. The number of aromatic nitrogens is 1. The lowest BCUT2D eigenvalue weighted by atomic mass is 10.1. The number of rotatable bonds is 3. The highest BCUT2D eigenvalue weighted by Crippen LogP contribution is 2.40. The summed E-state index contributed by atoms with van der Waals surface area (Å²) in [4.78, 5) is 20.4. The molecule has 0 aliphatic carbocycles. The van der Waals surface area contributed by atoms with Crippen LogP contribution in [0.25, 0.3) is 10.2 Å². The van der Waals surface area contributed by atoms with Crippen LogP contribution in [0.1, 0.15) is 22.5 Å². The molecular weight excluding hydrogens is 320 g/mol. The minimum atomic E-state index is -0.518. The molecule has 2 aromatic rings. The van der Waals surface area contributed by atoms with E-state index < -0.39 is 5.91 Å². The molecule has 3 rings (SSSR count). The van der Waals surface area contributed by atoms with E-state index >= 15 is 0 Å². The molecule has 118 valence electrons. The molecule has 3 heterocycles.